The third-order valence-corrected chi connectivity index (χ3v) is 5.86. The van der Waals surface area contributed by atoms with E-state index in [2.05, 4.69) is 14.3 Å². The molecule has 3 rings (SSSR count). The zero-order valence-corrected chi connectivity index (χ0v) is 15.5. The Bertz CT molecular complexity index is 913. The summed E-state index contributed by atoms with van der Waals surface area (Å²) in [4.78, 5) is 15.1. The molecule has 1 aliphatic rings. The summed E-state index contributed by atoms with van der Waals surface area (Å²) in [5, 5.41) is 0.247. The second-order valence-corrected chi connectivity index (χ2v) is 8.27. The summed E-state index contributed by atoms with van der Waals surface area (Å²) >= 11 is 5.93. The van der Waals surface area contributed by atoms with Crippen LogP contribution < -0.4 is 15.2 Å². The Morgan fingerprint density at radius 3 is 3.04 bits per heavy atom. The maximum Gasteiger partial charge on any atom is 0.255 e. The number of ether oxygens (including phenoxy) is 1. The number of hydrogen-bond donors (Lipinski definition) is 2. The van der Waals surface area contributed by atoms with Crippen molar-refractivity contribution >= 4 is 27.5 Å². The summed E-state index contributed by atoms with van der Waals surface area (Å²) in [6, 6.07) is 4.17. The van der Waals surface area contributed by atoms with Gasteiger partial charge in [-0.2, -0.15) is 0 Å². The highest BCUT2D eigenvalue weighted by Gasteiger charge is 2.24. The molecule has 8 nitrogen and oxygen atoms in total. The van der Waals surface area contributed by atoms with E-state index < -0.39 is 22.5 Å². The highest BCUT2D eigenvalue weighted by atomic mass is 35.5. The summed E-state index contributed by atoms with van der Waals surface area (Å²) in [6.07, 6.45) is 5.23. The standard InChI is InChI=1S/C16H19ClN4O4S/c17-12-1-2-13(25-10-15(18)22)14(8-12)26(23,24)20-9-11-3-5-21-6-4-19-16(21)7-11/h1-2,4,6,8,11,20H,3,5,7,9-10H2,(H2,18,22). The number of nitrogens with two attached hydrogens (primary N) is 1. The number of sulfonamides is 1. The van der Waals surface area contributed by atoms with Crippen molar-refractivity contribution in [2.24, 2.45) is 11.7 Å². The number of nitrogens with zero attached hydrogens (tertiary/aromatic N) is 2. The molecule has 2 heterocycles. The maximum absolute atomic E-state index is 12.7. The number of benzene rings is 1. The number of aryl methyl sites for hydroxylation is 1. The molecule has 1 aromatic heterocycles. The molecule has 0 saturated carbocycles. The first kappa shape index (κ1) is 18.7. The fourth-order valence-corrected chi connectivity index (χ4v) is 4.38. The zero-order valence-electron chi connectivity index (χ0n) is 13.9. The van der Waals surface area contributed by atoms with Crippen LogP contribution in [0.4, 0.5) is 0 Å². The second-order valence-electron chi connectivity index (χ2n) is 6.09. The van der Waals surface area contributed by atoms with E-state index in [0.717, 1.165) is 18.8 Å². The molecule has 0 saturated heterocycles. The lowest BCUT2D eigenvalue weighted by Gasteiger charge is -2.23. The van der Waals surface area contributed by atoms with E-state index in [1.54, 1.807) is 6.20 Å². The van der Waals surface area contributed by atoms with Crippen molar-refractivity contribution in [2.45, 2.75) is 24.3 Å². The summed E-state index contributed by atoms with van der Waals surface area (Å²) in [5.74, 6) is 0.427. The minimum Gasteiger partial charge on any atom is -0.482 e. The number of halogens is 1. The van der Waals surface area contributed by atoms with Gasteiger partial charge in [-0.05, 0) is 30.5 Å². The molecular weight excluding hydrogens is 380 g/mol. The number of imidazole rings is 1. The molecular formula is C16H19ClN4O4S. The van der Waals surface area contributed by atoms with E-state index in [9.17, 15) is 13.2 Å². The Balaban J connectivity index is 1.72. The van der Waals surface area contributed by atoms with E-state index in [-0.39, 0.29) is 28.1 Å². The van der Waals surface area contributed by atoms with Crippen LogP contribution in [0.3, 0.4) is 0 Å². The smallest absolute Gasteiger partial charge is 0.255 e. The van der Waals surface area contributed by atoms with Crippen molar-refractivity contribution in [2.75, 3.05) is 13.2 Å². The van der Waals surface area contributed by atoms with Crippen molar-refractivity contribution in [1.29, 1.82) is 0 Å². The number of amides is 1. The third kappa shape index (κ3) is 4.35. The van der Waals surface area contributed by atoms with E-state index in [1.807, 2.05) is 6.20 Å². The monoisotopic (exact) mass is 398 g/mol. The van der Waals surface area contributed by atoms with Crippen molar-refractivity contribution in [3.05, 3.63) is 41.4 Å². The highest BCUT2D eigenvalue weighted by Crippen LogP contribution is 2.28. The molecule has 140 valence electrons. The first-order valence-corrected chi connectivity index (χ1v) is 9.91. The lowest BCUT2D eigenvalue weighted by molar-refractivity contribution is -0.120. The Morgan fingerprint density at radius 1 is 1.46 bits per heavy atom. The quantitative estimate of drug-likeness (QED) is 0.720. The highest BCUT2D eigenvalue weighted by molar-refractivity contribution is 7.89. The zero-order chi connectivity index (χ0) is 18.7. The van der Waals surface area contributed by atoms with Crippen LogP contribution in [0.25, 0.3) is 0 Å². The van der Waals surface area contributed by atoms with Crippen LogP contribution >= 0.6 is 11.6 Å². The van der Waals surface area contributed by atoms with Gasteiger partial charge in [-0.15, -0.1) is 0 Å². The van der Waals surface area contributed by atoms with Gasteiger partial charge in [0.1, 0.15) is 16.5 Å². The van der Waals surface area contributed by atoms with Crippen LogP contribution in [0.1, 0.15) is 12.2 Å². The fourth-order valence-electron chi connectivity index (χ4n) is 2.86. The van der Waals surface area contributed by atoms with E-state index in [0.29, 0.717) is 6.42 Å². The maximum atomic E-state index is 12.7. The summed E-state index contributed by atoms with van der Waals surface area (Å²) in [6.45, 7) is 0.665. The molecule has 0 fully saturated rings. The molecule has 0 aliphatic carbocycles. The first-order chi connectivity index (χ1) is 12.3. The molecule has 1 amide bonds. The molecule has 10 heteroatoms. The largest absolute Gasteiger partial charge is 0.482 e. The van der Waals surface area contributed by atoms with Gasteiger partial charge in [-0.3, -0.25) is 4.79 Å². The minimum atomic E-state index is -3.86. The average molecular weight is 399 g/mol. The van der Waals surface area contributed by atoms with Gasteiger partial charge in [0.05, 0.1) is 0 Å². The third-order valence-electron chi connectivity index (χ3n) is 4.18. The van der Waals surface area contributed by atoms with Gasteiger partial charge in [0, 0.05) is 36.9 Å². The van der Waals surface area contributed by atoms with Gasteiger partial charge < -0.3 is 15.0 Å². The molecule has 3 N–H and O–H groups in total. The predicted octanol–water partition coefficient (Wildman–Crippen LogP) is 0.941. The van der Waals surface area contributed by atoms with Crippen LogP contribution in [0.2, 0.25) is 5.02 Å². The fraction of sp³-hybridized carbons (Fsp3) is 0.375. The minimum absolute atomic E-state index is 0.0277. The van der Waals surface area contributed by atoms with E-state index in [4.69, 9.17) is 22.1 Å². The summed E-state index contributed by atoms with van der Waals surface area (Å²) < 4.78 is 35.3. The van der Waals surface area contributed by atoms with Gasteiger partial charge in [-0.25, -0.2) is 18.1 Å². The van der Waals surface area contributed by atoms with Gasteiger partial charge >= 0.3 is 0 Å². The number of rotatable bonds is 7. The number of nitrogens with one attached hydrogen (secondary N) is 1. The molecule has 0 bridgehead atoms. The van der Waals surface area contributed by atoms with Crippen LogP contribution in [-0.2, 0) is 27.8 Å². The lowest BCUT2D eigenvalue weighted by atomic mass is 9.98. The van der Waals surface area contributed by atoms with Crippen molar-refractivity contribution in [3.63, 3.8) is 0 Å². The molecule has 2 aromatic rings. The topological polar surface area (TPSA) is 116 Å². The Hall–Kier alpha value is -2.10. The normalized spacial score (nSPS) is 16.9. The van der Waals surface area contributed by atoms with Gasteiger partial charge in [-0.1, -0.05) is 11.6 Å². The van der Waals surface area contributed by atoms with E-state index in [1.165, 1.54) is 18.2 Å². The lowest BCUT2D eigenvalue weighted by Crippen LogP contribution is -2.33. The number of carbonyl (C=O) groups excluding carboxylic acids is 1. The summed E-state index contributed by atoms with van der Waals surface area (Å²) in [5.41, 5.74) is 5.05. The molecule has 1 aromatic carbocycles. The van der Waals surface area contributed by atoms with Gasteiger partial charge in [0.2, 0.25) is 10.0 Å². The van der Waals surface area contributed by atoms with Crippen molar-refractivity contribution in [1.82, 2.24) is 14.3 Å². The first-order valence-electron chi connectivity index (χ1n) is 8.05. The van der Waals surface area contributed by atoms with Crippen LogP contribution in [-0.4, -0.2) is 37.0 Å². The number of primary amides is 1. The second kappa shape index (κ2) is 7.65. The molecule has 1 aliphatic heterocycles. The number of carbonyl (C=O) groups is 1. The molecule has 26 heavy (non-hydrogen) atoms. The molecule has 0 spiro atoms. The average Bonchev–Trinajstić information content (AvgIpc) is 3.06. The predicted molar refractivity (Wildman–Crippen MR) is 95.4 cm³/mol. The van der Waals surface area contributed by atoms with Crippen molar-refractivity contribution < 1.29 is 17.9 Å². The Kier molecular flexibility index (Phi) is 5.49. The van der Waals surface area contributed by atoms with Gasteiger partial charge in [0.15, 0.2) is 6.61 Å². The SMILES string of the molecule is NC(=O)COc1ccc(Cl)cc1S(=O)(=O)NCC1CCn2ccnc2C1. The molecule has 0 radical (unpaired) electrons. The number of hydrogen-bond acceptors (Lipinski definition) is 5. The van der Waals surface area contributed by atoms with Gasteiger partial charge in [0.25, 0.3) is 5.91 Å². The van der Waals surface area contributed by atoms with Crippen LogP contribution in [0, 0.1) is 5.92 Å². The molecule has 1 unspecified atom stereocenters. The van der Waals surface area contributed by atoms with E-state index >= 15 is 0 Å². The Labute approximate surface area is 156 Å². The molecule has 1 atom stereocenters. The van der Waals surface area contributed by atoms with Crippen LogP contribution in [0.5, 0.6) is 5.75 Å². The van der Waals surface area contributed by atoms with Crippen molar-refractivity contribution in [3.8, 4) is 5.75 Å². The van der Waals surface area contributed by atoms with Crippen LogP contribution in [0.15, 0.2) is 35.5 Å². The summed E-state index contributed by atoms with van der Waals surface area (Å²) in [7, 11) is -3.86. The number of aromatic nitrogens is 2. The number of fused-ring (bicyclic) bond motifs is 1. The Morgan fingerprint density at radius 2 is 2.27 bits per heavy atom.